The minimum absolute atomic E-state index is 0.0147. The molecule has 5 nitrogen and oxygen atoms in total. The van der Waals surface area contributed by atoms with Gasteiger partial charge in [-0.05, 0) is 38.1 Å². The van der Waals surface area contributed by atoms with Crippen molar-refractivity contribution in [3.05, 3.63) is 33.2 Å². The van der Waals surface area contributed by atoms with Crippen molar-refractivity contribution < 1.29 is 4.79 Å². The summed E-state index contributed by atoms with van der Waals surface area (Å²) in [6, 6.07) is 4.03. The van der Waals surface area contributed by atoms with Gasteiger partial charge in [-0.1, -0.05) is 30.7 Å². The highest BCUT2D eigenvalue weighted by Crippen LogP contribution is 2.35. The molecule has 1 amide bonds. The van der Waals surface area contributed by atoms with Crippen LogP contribution in [0.3, 0.4) is 0 Å². The summed E-state index contributed by atoms with van der Waals surface area (Å²) in [6.07, 6.45) is 4.55. The maximum absolute atomic E-state index is 13.3. The number of thiophene rings is 2. The van der Waals surface area contributed by atoms with Crippen LogP contribution in [0, 0.1) is 0 Å². The van der Waals surface area contributed by atoms with E-state index in [1.54, 1.807) is 15.9 Å². The number of hydrogen-bond donors (Lipinski definition) is 0. The highest BCUT2D eigenvalue weighted by atomic mass is 32.2. The van der Waals surface area contributed by atoms with Crippen molar-refractivity contribution in [3.63, 3.8) is 0 Å². The van der Waals surface area contributed by atoms with E-state index >= 15 is 0 Å². The largest absolute Gasteiger partial charge is 0.342 e. The third-order valence-corrected chi connectivity index (χ3v) is 8.16. The standard InChI is InChI=1S/C21H25N3O2S3/c1-3-24-20(26)17-15(16-9-8-12-27-16)13-28-18(17)22-21(24)29-14(2)19(25)23-10-6-4-5-7-11-23/h8-9,12-14H,3-7,10-11H2,1-2H3. The SMILES string of the molecule is CCn1c(SC(C)C(=O)N2CCCCCC2)nc2scc(-c3cccs3)c2c1=O. The first-order valence-corrected chi connectivity index (χ1v) is 12.8. The van der Waals surface area contributed by atoms with Crippen LogP contribution in [0.15, 0.2) is 32.8 Å². The molecule has 0 aromatic carbocycles. The van der Waals surface area contributed by atoms with Crippen LogP contribution in [-0.2, 0) is 11.3 Å². The zero-order valence-electron chi connectivity index (χ0n) is 16.7. The first-order valence-electron chi connectivity index (χ1n) is 10.1. The van der Waals surface area contributed by atoms with Gasteiger partial charge in [0.15, 0.2) is 5.16 Å². The topological polar surface area (TPSA) is 55.2 Å². The molecule has 0 bridgehead atoms. The number of likely N-dealkylation sites (tertiary alicyclic amines) is 1. The van der Waals surface area contributed by atoms with E-state index in [-0.39, 0.29) is 16.7 Å². The van der Waals surface area contributed by atoms with E-state index in [4.69, 9.17) is 4.98 Å². The van der Waals surface area contributed by atoms with Gasteiger partial charge in [0.1, 0.15) is 4.83 Å². The monoisotopic (exact) mass is 447 g/mol. The number of rotatable bonds is 5. The summed E-state index contributed by atoms with van der Waals surface area (Å²) < 4.78 is 1.71. The first kappa shape index (κ1) is 20.6. The molecule has 0 radical (unpaired) electrons. The van der Waals surface area contributed by atoms with Gasteiger partial charge in [-0.2, -0.15) is 0 Å². The fourth-order valence-electron chi connectivity index (χ4n) is 3.74. The van der Waals surface area contributed by atoms with Gasteiger partial charge in [0.05, 0.1) is 10.6 Å². The van der Waals surface area contributed by atoms with Crippen molar-refractivity contribution in [2.75, 3.05) is 13.1 Å². The Bertz CT molecular complexity index is 1050. The zero-order valence-corrected chi connectivity index (χ0v) is 19.2. The van der Waals surface area contributed by atoms with Crippen molar-refractivity contribution in [1.29, 1.82) is 0 Å². The smallest absolute Gasteiger partial charge is 0.263 e. The molecule has 3 aromatic rings. The van der Waals surface area contributed by atoms with E-state index in [2.05, 4.69) is 0 Å². The number of fused-ring (bicyclic) bond motifs is 1. The summed E-state index contributed by atoms with van der Waals surface area (Å²) >= 11 is 4.54. The van der Waals surface area contributed by atoms with Gasteiger partial charge in [0, 0.05) is 35.5 Å². The Morgan fingerprint density at radius 3 is 2.66 bits per heavy atom. The summed E-state index contributed by atoms with van der Waals surface area (Å²) in [6.45, 7) is 6.10. The minimum atomic E-state index is -0.257. The summed E-state index contributed by atoms with van der Waals surface area (Å²) in [5.41, 5.74) is 0.948. The van der Waals surface area contributed by atoms with Crippen molar-refractivity contribution >= 4 is 50.6 Å². The maximum Gasteiger partial charge on any atom is 0.263 e. The molecule has 29 heavy (non-hydrogen) atoms. The molecule has 0 aliphatic carbocycles. The molecule has 1 unspecified atom stereocenters. The second-order valence-electron chi connectivity index (χ2n) is 7.25. The summed E-state index contributed by atoms with van der Waals surface area (Å²) in [5, 5.41) is 5.11. The molecular weight excluding hydrogens is 422 g/mol. The Morgan fingerprint density at radius 2 is 2.00 bits per heavy atom. The zero-order chi connectivity index (χ0) is 20.4. The van der Waals surface area contributed by atoms with E-state index < -0.39 is 0 Å². The number of nitrogens with zero attached hydrogens (tertiary/aromatic N) is 3. The fourth-order valence-corrected chi connectivity index (χ4v) is 6.60. The number of carbonyl (C=O) groups excluding carboxylic acids is 1. The van der Waals surface area contributed by atoms with E-state index in [1.165, 1.54) is 35.9 Å². The molecule has 1 aliphatic heterocycles. The van der Waals surface area contributed by atoms with Gasteiger partial charge < -0.3 is 4.90 Å². The lowest BCUT2D eigenvalue weighted by atomic mass is 10.2. The molecule has 8 heteroatoms. The highest BCUT2D eigenvalue weighted by Gasteiger charge is 2.25. The molecule has 1 atom stereocenters. The fraction of sp³-hybridized carbons (Fsp3) is 0.476. The number of aromatic nitrogens is 2. The van der Waals surface area contributed by atoms with Gasteiger partial charge in [-0.15, -0.1) is 22.7 Å². The normalized spacial score (nSPS) is 16.1. The van der Waals surface area contributed by atoms with Crippen LogP contribution in [0.5, 0.6) is 0 Å². The van der Waals surface area contributed by atoms with Gasteiger partial charge in [0.2, 0.25) is 5.91 Å². The van der Waals surface area contributed by atoms with Crippen molar-refractivity contribution in [2.45, 2.75) is 56.5 Å². The minimum Gasteiger partial charge on any atom is -0.342 e. The van der Waals surface area contributed by atoms with Crippen LogP contribution in [0.4, 0.5) is 0 Å². The molecule has 4 heterocycles. The van der Waals surface area contributed by atoms with Crippen molar-refractivity contribution in [2.24, 2.45) is 0 Å². The molecule has 0 saturated carbocycles. The third-order valence-electron chi connectivity index (χ3n) is 5.31. The number of amides is 1. The molecule has 4 rings (SSSR count). The van der Waals surface area contributed by atoms with Crippen LogP contribution >= 0.6 is 34.4 Å². The molecule has 1 aliphatic rings. The van der Waals surface area contributed by atoms with E-state index in [9.17, 15) is 9.59 Å². The Balaban J connectivity index is 1.65. The second-order valence-corrected chi connectivity index (χ2v) is 10.4. The quantitative estimate of drug-likeness (QED) is 0.404. The van der Waals surface area contributed by atoms with E-state index in [0.29, 0.717) is 17.1 Å². The van der Waals surface area contributed by atoms with Crippen LogP contribution in [0.2, 0.25) is 0 Å². The van der Waals surface area contributed by atoms with Crippen LogP contribution in [0.1, 0.15) is 39.5 Å². The van der Waals surface area contributed by atoms with Crippen LogP contribution in [0.25, 0.3) is 20.7 Å². The van der Waals surface area contributed by atoms with Gasteiger partial charge in [0.25, 0.3) is 5.56 Å². The van der Waals surface area contributed by atoms with Crippen molar-refractivity contribution in [1.82, 2.24) is 14.5 Å². The lowest BCUT2D eigenvalue weighted by Gasteiger charge is -2.24. The second kappa shape index (κ2) is 9.02. The van der Waals surface area contributed by atoms with Crippen LogP contribution in [-0.4, -0.2) is 38.7 Å². The summed E-state index contributed by atoms with van der Waals surface area (Å²) in [5.74, 6) is 0.152. The van der Waals surface area contributed by atoms with E-state index in [0.717, 1.165) is 41.2 Å². The molecule has 1 saturated heterocycles. The molecule has 3 aromatic heterocycles. The first-order chi connectivity index (χ1) is 14.1. The summed E-state index contributed by atoms with van der Waals surface area (Å²) in [7, 11) is 0. The highest BCUT2D eigenvalue weighted by molar-refractivity contribution is 8.00. The Hall–Kier alpha value is -1.64. The molecular formula is C21H25N3O2S3. The Labute approximate surface area is 182 Å². The van der Waals surface area contributed by atoms with Gasteiger partial charge in [-0.3, -0.25) is 14.2 Å². The average molecular weight is 448 g/mol. The lowest BCUT2D eigenvalue weighted by Crippen LogP contribution is -2.37. The summed E-state index contributed by atoms with van der Waals surface area (Å²) in [4.78, 5) is 34.9. The number of thioether (sulfide) groups is 1. The molecule has 154 valence electrons. The Kier molecular flexibility index (Phi) is 6.41. The van der Waals surface area contributed by atoms with E-state index in [1.807, 2.05) is 41.6 Å². The number of hydrogen-bond acceptors (Lipinski definition) is 6. The van der Waals surface area contributed by atoms with Crippen LogP contribution < -0.4 is 5.56 Å². The number of carbonyl (C=O) groups is 1. The third kappa shape index (κ3) is 4.15. The molecule has 0 N–H and O–H groups in total. The van der Waals surface area contributed by atoms with Crippen molar-refractivity contribution in [3.8, 4) is 10.4 Å². The predicted molar refractivity (Wildman–Crippen MR) is 123 cm³/mol. The molecule has 0 spiro atoms. The Morgan fingerprint density at radius 1 is 1.24 bits per heavy atom. The predicted octanol–water partition coefficient (Wildman–Crippen LogP) is 5.09. The average Bonchev–Trinajstić information content (AvgIpc) is 3.31. The lowest BCUT2D eigenvalue weighted by molar-refractivity contribution is -0.130. The van der Waals surface area contributed by atoms with Gasteiger partial charge >= 0.3 is 0 Å². The molecule has 1 fully saturated rings. The van der Waals surface area contributed by atoms with Gasteiger partial charge in [-0.25, -0.2) is 4.98 Å². The maximum atomic E-state index is 13.3.